The lowest BCUT2D eigenvalue weighted by Crippen LogP contribution is -2.43. The van der Waals surface area contributed by atoms with Gasteiger partial charge in [-0.1, -0.05) is 30.3 Å². The molecule has 1 saturated heterocycles. The van der Waals surface area contributed by atoms with Crippen LogP contribution in [0.2, 0.25) is 0 Å². The van der Waals surface area contributed by atoms with Crippen LogP contribution in [0.1, 0.15) is 11.1 Å². The topological polar surface area (TPSA) is 50.5 Å². The van der Waals surface area contributed by atoms with Crippen LogP contribution in [0.3, 0.4) is 0 Å². The summed E-state index contributed by atoms with van der Waals surface area (Å²) in [7, 11) is 1.68. The molecule has 2 aromatic rings. The Bertz CT molecular complexity index is 710. The largest absolute Gasteiger partial charge is 0.497 e. The van der Waals surface area contributed by atoms with Gasteiger partial charge in [0.15, 0.2) is 0 Å². The highest BCUT2D eigenvalue weighted by molar-refractivity contribution is 8.03. The fraction of sp³-hybridized carbons (Fsp3) is 0.333. The number of thioether (sulfide) groups is 1. The van der Waals surface area contributed by atoms with Crippen molar-refractivity contribution in [2.45, 2.75) is 6.42 Å². The molecule has 0 aromatic heterocycles. The molecule has 5 heteroatoms. The van der Waals surface area contributed by atoms with E-state index in [4.69, 9.17) is 10.5 Å². The number of methoxy groups -OCH3 is 1. The third kappa shape index (κ3) is 5.27. The van der Waals surface area contributed by atoms with Crippen molar-refractivity contribution in [1.29, 1.82) is 0 Å². The Morgan fingerprint density at radius 2 is 1.77 bits per heavy atom. The molecule has 0 spiro atoms. The van der Waals surface area contributed by atoms with Crippen LogP contribution in [0.25, 0.3) is 5.70 Å². The first-order valence-corrected chi connectivity index (χ1v) is 9.97. The molecule has 0 atom stereocenters. The number of nitrogens with two attached hydrogens (primary N) is 1. The van der Waals surface area contributed by atoms with Crippen LogP contribution in [0.4, 0.5) is 0 Å². The van der Waals surface area contributed by atoms with E-state index >= 15 is 0 Å². The summed E-state index contributed by atoms with van der Waals surface area (Å²) in [5, 5.41) is 3.40. The molecule has 0 bridgehead atoms. The molecule has 1 aliphatic heterocycles. The molecule has 2 aromatic carbocycles. The average molecular weight is 370 g/mol. The molecule has 3 N–H and O–H groups in total. The lowest BCUT2D eigenvalue weighted by Gasteiger charge is -2.27. The Kier molecular flexibility index (Phi) is 7.00. The van der Waals surface area contributed by atoms with Crippen LogP contribution in [0, 0.1) is 0 Å². The van der Waals surface area contributed by atoms with Gasteiger partial charge in [-0.2, -0.15) is 0 Å². The first-order valence-electron chi connectivity index (χ1n) is 8.99. The average Bonchev–Trinajstić information content (AvgIpc) is 2.72. The fourth-order valence-corrected chi connectivity index (χ4v) is 4.08. The minimum absolute atomic E-state index is 0.847. The van der Waals surface area contributed by atoms with Gasteiger partial charge >= 0.3 is 0 Å². The maximum atomic E-state index is 6.58. The van der Waals surface area contributed by atoms with Crippen molar-refractivity contribution < 1.29 is 4.74 Å². The number of benzene rings is 2. The van der Waals surface area contributed by atoms with Crippen molar-refractivity contribution in [3.63, 3.8) is 0 Å². The van der Waals surface area contributed by atoms with Gasteiger partial charge in [-0.25, -0.2) is 0 Å². The highest BCUT2D eigenvalue weighted by atomic mass is 32.2. The zero-order valence-corrected chi connectivity index (χ0v) is 16.1. The molecule has 3 rings (SSSR count). The standard InChI is InChI=1S/C21H27N3OS/c1-25-19-9-7-18(8-10-19)21(22)20(15-17-5-3-2-4-6-17)26-16-24-13-11-23-12-14-24/h2-10,23H,11-16,22H2,1H3/b21-20-. The molecular formula is C21H27N3OS. The molecule has 1 heterocycles. The molecular weight excluding hydrogens is 342 g/mol. The fourth-order valence-electron chi connectivity index (χ4n) is 2.95. The number of nitrogens with one attached hydrogen (secondary N) is 1. The Labute approximate surface area is 160 Å². The predicted molar refractivity (Wildman–Crippen MR) is 111 cm³/mol. The van der Waals surface area contributed by atoms with Crippen LogP contribution in [-0.4, -0.2) is 44.1 Å². The van der Waals surface area contributed by atoms with Crippen molar-refractivity contribution >= 4 is 17.5 Å². The predicted octanol–water partition coefficient (Wildman–Crippen LogP) is 3.16. The second-order valence-electron chi connectivity index (χ2n) is 6.37. The number of allylic oxidation sites excluding steroid dienone is 1. The zero-order chi connectivity index (χ0) is 18.2. The minimum atomic E-state index is 0.847. The summed E-state index contributed by atoms with van der Waals surface area (Å²) < 4.78 is 5.26. The van der Waals surface area contributed by atoms with E-state index < -0.39 is 0 Å². The maximum absolute atomic E-state index is 6.58. The van der Waals surface area contributed by atoms with E-state index in [2.05, 4.69) is 34.5 Å². The van der Waals surface area contributed by atoms with E-state index in [1.54, 1.807) is 7.11 Å². The lowest BCUT2D eigenvalue weighted by atomic mass is 10.1. The third-order valence-corrected chi connectivity index (χ3v) is 5.75. The van der Waals surface area contributed by atoms with Gasteiger partial charge in [-0.05, 0) is 35.4 Å². The number of hydrogen-bond acceptors (Lipinski definition) is 5. The third-order valence-electron chi connectivity index (χ3n) is 4.54. The number of piperazine rings is 1. The van der Waals surface area contributed by atoms with Gasteiger partial charge in [0.25, 0.3) is 0 Å². The summed E-state index contributed by atoms with van der Waals surface area (Å²) in [5.41, 5.74) is 9.77. The summed E-state index contributed by atoms with van der Waals surface area (Å²) >= 11 is 1.86. The van der Waals surface area contributed by atoms with Gasteiger partial charge < -0.3 is 15.8 Å². The maximum Gasteiger partial charge on any atom is 0.118 e. The summed E-state index contributed by atoms with van der Waals surface area (Å²) in [6.45, 7) is 4.31. The Morgan fingerprint density at radius 1 is 1.08 bits per heavy atom. The van der Waals surface area contributed by atoms with E-state index in [0.29, 0.717) is 0 Å². The van der Waals surface area contributed by atoms with Crippen LogP contribution in [0.5, 0.6) is 5.75 Å². The van der Waals surface area contributed by atoms with E-state index in [9.17, 15) is 0 Å². The smallest absolute Gasteiger partial charge is 0.118 e. The van der Waals surface area contributed by atoms with E-state index in [1.807, 2.05) is 42.1 Å². The quantitative estimate of drug-likeness (QED) is 0.785. The highest BCUT2D eigenvalue weighted by Crippen LogP contribution is 2.29. The highest BCUT2D eigenvalue weighted by Gasteiger charge is 2.13. The SMILES string of the molecule is COc1ccc(/C(N)=C(\Cc2ccccc2)SCN2CCNCC2)cc1. The molecule has 1 aliphatic rings. The molecule has 1 fully saturated rings. The van der Waals surface area contributed by atoms with Crippen molar-refractivity contribution in [1.82, 2.24) is 10.2 Å². The molecule has 138 valence electrons. The molecule has 26 heavy (non-hydrogen) atoms. The first-order chi connectivity index (χ1) is 12.8. The van der Waals surface area contributed by atoms with Crippen LogP contribution in [-0.2, 0) is 6.42 Å². The second kappa shape index (κ2) is 9.67. The minimum Gasteiger partial charge on any atom is -0.497 e. The summed E-state index contributed by atoms with van der Waals surface area (Å²) in [5.74, 6) is 1.82. The van der Waals surface area contributed by atoms with Gasteiger partial charge in [0.1, 0.15) is 5.75 Å². The summed E-state index contributed by atoms with van der Waals surface area (Å²) in [6.07, 6.45) is 0.857. The Morgan fingerprint density at radius 3 is 2.42 bits per heavy atom. The van der Waals surface area contributed by atoms with E-state index in [0.717, 1.165) is 55.5 Å². The summed E-state index contributed by atoms with van der Waals surface area (Å²) in [6, 6.07) is 18.5. The number of hydrogen-bond donors (Lipinski definition) is 2. The van der Waals surface area contributed by atoms with Crippen molar-refractivity contribution in [3.05, 3.63) is 70.6 Å². The van der Waals surface area contributed by atoms with Crippen molar-refractivity contribution in [2.24, 2.45) is 5.73 Å². The van der Waals surface area contributed by atoms with Crippen molar-refractivity contribution in [3.8, 4) is 5.75 Å². The van der Waals surface area contributed by atoms with Crippen LogP contribution < -0.4 is 15.8 Å². The van der Waals surface area contributed by atoms with E-state index in [1.165, 1.54) is 10.5 Å². The second-order valence-corrected chi connectivity index (χ2v) is 7.41. The molecule has 0 saturated carbocycles. The zero-order valence-electron chi connectivity index (χ0n) is 15.3. The first kappa shape index (κ1) is 18.8. The van der Waals surface area contributed by atoms with Crippen molar-refractivity contribution in [2.75, 3.05) is 39.2 Å². The molecule has 4 nitrogen and oxygen atoms in total. The number of rotatable bonds is 7. The van der Waals surface area contributed by atoms with Gasteiger partial charge in [0.05, 0.1) is 7.11 Å². The molecule has 0 aliphatic carbocycles. The number of ether oxygens (including phenoxy) is 1. The van der Waals surface area contributed by atoms with Gasteiger partial charge in [-0.3, -0.25) is 4.90 Å². The normalized spacial score (nSPS) is 16.2. The van der Waals surface area contributed by atoms with E-state index in [-0.39, 0.29) is 0 Å². The molecule has 0 unspecified atom stereocenters. The summed E-state index contributed by atoms with van der Waals surface area (Å²) in [4.78, 5) is 3.70. The van der Waals surface area contributed by atoms with Crippen LogP contribution >= 0.6 is 11.8 Å². The molecule has 0 radical (unpaired) electrons. The lowest BCUT2D eigenvalue weighted by molar-refractivity contribution is 0.280. The van der Waals surface area contributed by atoms with Gasteiger partial charge in [0, 0.05) is 49.1 Å². The number of nitrogens with zero attached hydrogens (tertiary/aromatic N) is 1. The Balaban J connectivity index is 1.79. The monoisotopic (exact) mass is 369 g/mol. The van der Waals surface area contributed by atoms with Crippen LogP contribution in [0.15, 0.2) is 59.5 Å². The van der Waals surface area contributed by atoms with Gasteiger partial charge in [0.2, 0.25) is 0 Å². The molecule has 0 amide bonds. The Hall–Kier alpha value is -1.95. The van der Waals surface area contributed by atoms with Gasteiger partial charge in [-0.15, -0.1) is 11.8 Å².